The third-order valence-electron chi connectivity index (χ3n) is 2.20. The number of carbonyl (C=O) groups excluding carboxylic acids is 1. The Morgan fingerprint density at radius 3 is 2.83 bits per heavy atom. The SMILES string of the molecule is Nc1cc(C(=O)OCc2cc(Br)cs2)ccc1F. The summed E-state index contributed by atoms with van der Waals surface area (Å²) in [5.41, 5.74) is 5.56. The lowest BCUT2D eigenvalue weighted by atomic mass is 10.2. The zero-order chi connectivity index (χ0) is 13.1. The van der Waals surface area contributed by atoms with E-state index in [0.29, 0.717) is 0 Å². The summed E-state index contributed by atoms with van der Waals surface area (Å²) in [6.07, 6.45) is 0. The second-order valence-electron chi connectivity index (χ2n) is 3.54. The number of rotatable bonds is 3. The fraction of sp³-hybridized carbons (Fsp3) is 0.0833. The molecule has 0 unspecified atom stereocenters. The van der Waals surface area contributed by atoms with Gasteiger partial charge in [-0.15, -0.1) is 11.3 Å². The van der Waals surface area contributed by atoms with Crippen molar-refractivity contribution >= 4 is 38.9 Å². The number of nitrogens with two attached hydrogens (primary N) is 1. The lowest BCUT2D eigenvalue weighted by molar-refractivity contribution is 0.0477. The zero-order valence-corrected chi connectivity index (χ0v) is 11.6. The van der Waals surface area contributed by atoms with Crippen LogP contribution in [0, 0.1) is 5.82 Å². The van der Waals surface area contributed by atoms with Crippen molar-refractivity contribution in [3.63, 3.8) is 0 Å². The van der Waals surface area contributed by atoms with Gasteiger partial charge < -0.3 is 10.5 Å². The molecule has 0 radical (unpaired) electrons. The van der Waals surface area contributed by atoms with Gasteiger partial charge in [0.2, 0.25) is 0 Å². The molecule has 2 rings (SSSR count). The van der Waals surface area contributed by atoms with Gasteiger partial charge in [-0.25, -0.2) is 9.18 Å². The molecule has 0 aliphatic rings. The molecule has 0 aliphatic heterocycles. The topological polar surface area (TPSA) is 52.3 Å². The molecular weight excluding hydrogens is 321 g/mol. The number of carbonyl (C=O) groups is 1. The molecule has 1 heterocycles. The van der Waals surface area contributed by atoms with Crippen molar-refractivity contribution in [1.82, 2.24) is 0 Å². The van der Waals surface area contributed by atoms with Crippen molar-refractivity contribution in [2.24, 2.45) is 0 Å². The van der Waals surface area contributed by atoms with E-state index in [2.05, 4.69) is 15.9 Å². The van der Waals surface area contributed by atoms with E-state index in [0.717, 1.165) is 15.4 Å². The number of esters is 1. The molecule has 0 saturated heterocycles. The Bertz CT molecular complexity index is 585. The number of nitrogen functional groups attached to an aromatic ring is 1. The van der Waals surface area contributed by atoms with Gasteiger partial charge in [-0.3, -0.25) is 0 Å². The summed E-state index contributed by atoms with van der Waals surface area (Å²) in [5.74, 6) is -1.07. The maximum atomic E-state index is 12.9. The third kappa shape index (κ3) is 3.08. The Morgan fingerprint density at radius 2 is 2.22 bits per heavy atom. The third-order valence-corrected chi connectivity index (χ3v) is 3.87. The quantitative estimate of drug-likeness (QED) is 0.691. The molecular formula is C12H9BrFNO2S. The summed E-state index contributed by atoms with van der Waals surface area (Å²) in [7, 11) is 0. The number of hydrogen-bond donors (Lipinski definition) is 1. The first-order valence-electron chi connectivity index (χ1n) is 5.01. The second kappa shape index (κ2) is 5.49. The van der Waals surface area contributed by atoms with Crippen LogP contribution in [0.1, 0.15) is 15.2 Å². The van der Waals surface area contributed by atoms with E-state index in [1.54, 1.807) is 0 Å². The minimum Gasteiger partial charge on any atom is -0.456 e. The largest absolute Gasteiger partial charge is 0.456 e. The van der Waals surface area contributed by atoms with Crippen molar-refractivity contribution in [2.45, 2.75) is 6.61 Å². The lowest BCUT2D eigenvalue weighted by Crippen LogP contribution is -2.05. The first-order chi connectivity index (χ1) is 8.56. The monoisotopic (exact) mass is 329 g/mol. The second-order valence-corrected chi connectivity index (χ2v) is 5.46. The first-order valence-corrected chi connectivity index (χ1v) is 6.68. The van der Waals surface area contributed by atoms with Crippen molar-refractivity contribution in [3.05, 3.63) is 50.4 Å². The lowest BCUT2D eigenvalue weighted by Gasteiger charge is -2.04. The Labute approximate surface area is 116 Å². The van der Waals surface area contributed by atoms with Crippen molar-refractivity contribution in [3.8, 4) is 0 Å². The highest BCUT2D eigenvalue weighted by molar-refractivity contribution is 9.10. The van der Waals surface area contributed by atoms with E-state index in [-0.39, 0.29) is 17.9 Å². The molecule has 3 nitrogen and oxygen atoms in total. The normalized spacial score (nSPS) is 10.3. The molecule has 0 atom stereocenters. The van der Waals surface area contributed by atoms with Crippen molar-refractivity contribution < 1.29 is 13.9 Å². The fourth-order valence-electron chi connectivity index (χ4n) is 1.32. The highest BCUT2D eigenvalue weighted by Crippen LogP contribution is 2.21. The standard InChI is InChI=1S/C12H9BrFNO2S/c13-8-4-9(18-6-8)5-17-12(16)7-1-2-10(14)11(15)3-7/h1-4,6H,5,15H2. The number of benzene rings is 1. The van der Waals surface area contributed by atoms with Crippen LogP contribution in [0.15, 0.2) is 34.1 Å². The highest BCUT2D eigenvalue weighted by atomic mass is 79.9. The van der Waals surface area contributed by atoms with E-state index < -0.39 is 11.8 Å². The average molecular weight is 330 g/mol. The smallest absolute Gasteiger partial charge is 0.338 e. The summed E-state index contributed by atoms with van der Waals surface area (Å²) in [5, 5.41) is 1.90. The Hall–Kier alpha value is -1.40. The molecule has 1 aromatic carbocycles. The Kier molecular flexibility index (Phi) is 3.98. The van der Waals surface area contributed by atoms with Gasteiger partial charge in [-0.1, -0.05) is 0 Å². The Balaban J connectivity index is 2.01. The number of thiophene rings is 1. The predicted octanol–water partition coefficient (Wildman–Crippen LogP) is 3.59. The molecule has 0 bridgehead atoms. The van der Waals surface area contributed by atoms with Crippen LogP contribution >= 0.6 is 27.3 Å². The molecule has 0 fully saturated rings. The van der Waals surface area contributed by atoms with Gasteiger partial charge in [0.05, 0.1) is 11.3 Å². The summed E-state index contributed by atoms with van der Waals surface area (Å²) in [6.45, 7) is 0.187. The van der Waals surface area contributed by atoms with Crippen LogP contribution in [-0.2, 0) is 11.3 Å². The van der Waals surface area contributed by atoms with E-state index in [1.165, 1.54) is 23.5 Å². The molecule has 1 aromatic heterocycles. The summed E-state index contributed by atoms with van der Waals surface area (Å²) in [4.78, 5) is 12.6. The minimum absolute atomic E-state index is 0.0664. The highest BCUT2D eigenvalue weighted by Gasteiger charge is 2.10. The molecule has 0 saturated carbocycles. The maximum Gasteiger partial charge on any atom is 0.338 e. The zero-order valence-electron chi connectivity index (χ0n) is 9.15. The maximum absolute atomic E-state index is 12.9. The molecule has 2 aromatic rings. The van der Waals surface area contributed by atoms with Crippen LogP contribution in [0.2, 0.25) is 0 Å². The number of anilines is 1. The summed E-state index contributed by atoms with van der Waals surface area (Å²) < 4.78 is 19.0. The van der Waals surface area contributed by atoms with Gasteiger partial charge in [0, 0.05) is 14.7 Å². The van der Waals surface area contributed by atoms with Crippen LogP contribution in [0.4, 0.5) is 10.1 Å². The number of hydrogen-bond acceptors (Lipinski definition) is 4. The number of ether oxygens (including phenoxy) is 1. The van der Waals surface area contributed by atoms with Crippen LogP contribution in [-0.4, -0.2) is 5.97 Å². The van der Waals surface area contributed by atoms with Crippen molar-refractivity contribution in [1.29, 1.82) is 0 Å². The van der Waals surface area contributed by atoms with Crippen LogP contribution < -0.4 is 5.73 Å². The van der Waals surface area contributed by atoms with Gasteiger partial charge in [0.25, 0.3) is 0 Å². The van der Waals surface area contributed by atoms with Crippen molar-refractivity contribution in [2.75, 3.05) is 5.73 Å². The van der Waals surface area contributed by atoms with E-state index in [9.17, 15) is 9.18 Å². The van der Waals surface area contributed by atoms with E-state index in [4.69, 9.17) is 10.5 Å². The van der Waals surface area contributed by atoms with E-state index in [1.807, 2.05) is 11.4 Å². The van der Waals surface area contributed by atoms with Crippen LogP contribution in [0.5, 0.6) is 0 Å². The first kappa shape index (κ1) is 13.0. The van der Waals surface area contributed by atoms with E-state index >= 15 is 0 Å². The summed E-state index contributed by atoms with van der Waals surface area (Å²) >= 11 is 4.80. The molecule has 0 amide bonds. The van der Waals surface area contributed by atoms with Crippen LogP contribution in [0.25, 0.3) is 0 Å². The molecule has 2 N–H and O–H groups in total. The molecule has 94 valence electrons. The fourth-order valence-corrected chi connectivity index (χ4v) is 2.68. The molecule has 18 heavy (non-hydrogen) atoms. The average Bonchev–Trinajstić information content (AvgIpc) is 2.75. The van der Waals surface area contributed by atoms with Gasteiger partial charge in [-0.2, -0.15) is 0 Å². The molecule has 6 heteroatoms. The van der Waals surface area contributed by atoms with Gasteiger partial charge in [0.1, 0.15) is 12.4 Å². The van der Waals surface area contributed by atoms with Crippen LogP contribution in [0.3, 0.4) is 0 Å². The van der Waals surface area contributed by atoms with Gasteiger partial charge in [0.15, 0.2) is 0 Å². The summed E-state index contributed by atoms with van der Waals surface area (Å²) in [6, 6.07) is 5.63. The minimum atomic E-state index is -0.547. The predicted molar refractivity (Wildman–Crippen MR) is 72.0 cm³/mol. The van der Waals surface area contributed by atoms with Gasteiger partial charge >= 0.3 is 5.97 Å². The number of halogens is 2. The molecule has 0 spiro atoms. The van der Waals surface area contributed by atoms with Gasteiger partial charge in [-0.05, 0) is 40.2 Å². The Morgan fingerprint density at radius 1 is 1.44 bits per heavy atom. The molecule has 0 aliphatic carbocycles.